The fourth-order valence-corrected chi connectivity index (χ4v) is 2.29. The molecule has 1 N–H and O–H groups in total. The lowest BCUT2D eigenvalue weighted by atomic mass is 10.0. The van der Waals surface area contributed by atoms with E-state index in [9.17, 15) is 0 Å². The first-order valence-corrected chi connectivity index (χ1v) is 7.66. The van der Waals surface area contributed by atoms with Crippen LogP contribution in [0.25, 0.3) is 0 Å². The molecule has 0 saturated carbocycles. The second kappa shape index (κ2) is 7.34. The number of hydrogen-bond donors (Lipinski definition) is 1. The maximum absolute atomic E-state index is 5.68. The molecule has 0 heterocycles. The Morgan fingerprint density at radius 1 is 1.10 bits per heavy atom. The van der Waals surface area contributed by atoms with Gasteiger partial charge in [-0.2, -0.15) is 0 Å². The largest absolute Gasteiger partial charge is 0.492 e. The highest BCUT2D eigenvalue weighted by atomic mass is 79.9. The molecule has 0 amide bonds. The minimum atomic E-state index is 0.573. The minimum absolute atomic E-state index is 0.573. The third kappa shape index (κ3) is 4.57. The lowest BCUT2D eigenvalue weighted by Crippen LogP contribution is -2.11. The Morgan fingerprint density at radius 3 is 2.50 bits per heavy atom. The van der Waals surface area contributed by atoms with Gasteiger partial charge in [-0.1, -0.05) is 48.0 Å². The van der Waals surface area contributed by atoms with Gasteiger partial charge in [0.15, 0.2) is 0 Å². The molecule has 2 rings (SSSR count). The fraction of sp³-hybridized carbons (Fsp3) is 0.294. The maximum atomic E-state index is 5.68. The summed E-state index contributed by atoms with van der Waals surface area (Å²) in [7, 11) is 0. The molecular formula is C17H20BrNO. The van der Waals surface area contributed by atoms with E-state index in [1.165, 1.54) is 5.56 Å². The molecule has 106 valence electrons. The number of halogens is 1. The van der Waals surface area contributed by atoms with Crippen LogP contribution < -0.4 is 10.1 Å². The van der Waals surface area contributed by atoms with Crippen LogP contribution >= 0.6 is 15.9 Å². The number of anilines is 1. The number of hydrogen-bond acceptors (Lipinski definition) is 2. The van der Waals surface area contributed by atoms with Crippen molar-refractivity contribution in [3.05, 3.63) is 58.6 Å². The lowest BCUT2D eigenvalue weighted by Gasteiger charge is -2.10. The molecule has 0 aliphatic rings. The van der Waals surface area contributed by atoms with E-state index in [4.69, 9.17) is 4.74 Å². The van der Waals surface area contributed by atoms with Crippen molar-refractivity contribution in [3.8, 4) is 5.75 Å². The van der Waals surface area contributed by atoms with Gasteiger partial charge >= 0.3 is 0 Å². The smallest absolute Gasteiger partial charge is 0.120 e. The lowest BCUT2D eigenvalue weighted by molar-refractivity contribution is 0.332. The van der Waals surface area contributed by atoms with Crippen LogP contribution in [0, 0.1) is 0 Å². The molecule has 0 aliphatic carbocycles. The second-order valence-electron chi connectivity index (χ2n) is 5.01. The van der Waals surface area contributed by atoms with E-state index in [1.54, 1.807) is 0 Å². The molecule has 2 aromatic carbocycles. The molecule has 0 aromatic heterocycles. The van der Waals surface area contributed by atoms with Crippen LogP contribution in [0.2, 0.25) is 0 Å². The van der Waals surface area contributed by atoms with Crippen LogP contribution in [-0.2, 0) is 0 Å². The van der Waals surface area contributed by atoms with Crippen molar-refractivity contribution in [2.24, 2.45) is 0 Å². The molecule has 0 radical (unpaired) electrons. The quantitative estimate of drug-likeness (QED) is 0.745. The third-order valence-corrected chi connectivity index (χ3v) is 3.57. The van der Waals surface area contributed by atoms with Gasteiger partial charge in [-0.05, 0) is 41.8 Å². The highest BCUT2D eigenvalue weighted by molar-refractivity contribution is 9.10. The molecule has 0 unspecified atom stereocenters. The third-order valence-electron chi connectivity index (χ3n) is 3.07. The highest BCUT2D eigenvalue weighted by Gasteiger charge is 1.99. The highest BCUT2D eigenvalue weighted by Crippen LogP contribution is 2.18. The van der Waals surface area contributed by atoms with Crippen molar-refractivity contribution in [1.82, 2.24) is 0 Å². The summed E-state index contributed by atoms with van der Waals surface area (Å²) in [5.41, 5.74) is 2.49. The standard InChI is InChI=1S/C17H20BrNO/c1-13(2)14-6-8-16(9-7-14)19-10-11-20-17-5-3-4-15(18)12-17/h3-9,12-13,19H,10-11H2,1-2H3. The first-order chi connectivity index (χ1) is 9.65. The second-order valence-corrected chi connectivity index (χ2v) is 5.92. The van der Waals surface area contributed by atoms with E-state index in [1.807, 2.05) is 24.3 Å². The Hall–Kier alpha value is -1.48. The average molecular weight is 334 g/mol. The Balaban J connectivity index is 1.75. The van der Waals surface area contributed by atoms with E-state index in [0.717, 1.165) is 22.5 Å². The van der Waals surface area contributed by atoms with Crippen LogP contribution in [0.1, 0.15) is 25.3 Å². The molecule has 0 saturated heterocycles. The maximum Gasteiger partial charge on any atom is 0.120 e. The van der Waals surface area contributed by atoms with Crippen molar-refractivity contribution in [2.75, 3.05) is 18.5 Å². The number of nitrogens with one attached hydrogen (secondary N) is 1. The number of rotatable bonds is 6. The van der Waals surface area contributed by atoms with Gasteiger partial charge in [-0.25, -0.2) is 0 Å². The van der Waals surface area contributed by atoms with E-state index in [-0.39, 0.29) is 0 Å². The van der Waals surface area contributed by atoms with E-state index in [2.05, 4.69) is 59.4 Å². The van der Waals surface area contributed by atoms with Gasteiger partial charge in [-0.3, -0.25) is 0 Å². The van der Waals surface area contributed by atoms with Gasteiger partial charge in [0.25, 0.3) is 0 Å². The van der Waals surface area contributed by atoms with Crippen molar-refractivity contribution < 1.29 is 4.74 Å². The molecular weight excluding hydrogens is 314 g/mol. The molecule has 0 bridgehead atoms. The molecule has 0 atom stereocenters. The molecule has 2 nitrogen and oxygen atoms in total. The van der Waals surface area contributed by atoms with Crippen molar-refractivity contribution in [1.29, 1.82) is 0 Å². The molecule has 0 fully saturated rings. The van der Waals surface area contributed by atoms with Crippen LogP contribution in [-0.4, -0.2) is 13.2 Å². The summed E-state index contributed by atoms with van der Waals surface area (Å²) < 4.78 is 6.71. The first kappa shape index (κ1) is 14.9. The Bertz CT molecular complexity index is 537. The van der Waals surface area contributed by atoms with Gasteiger partial charge in [0.05, 0.1) is 0 Å². The molecule has 2 aromatic rings. The molecule has 3 heteroatoms. The van der Waals surface area contributed by atoms with Gasteiger partial charge in [0, 0.05) is 16.7 Å². The zero-order chi connectivity index (χ0) is 14.4. The van der Waals surface area contributed by atoms with Crippen LogP contribution in [0.15, 0.2) is 53.0 Å². The van der Waals surface area contributed by atoms with Gasteiger partial charge < -0.3 is 10.1 Å². The number of benzene rings is 2. The van der Waals surface area contributed by atoms with E-state index >= 15 is 0 Å². The van der Waals surface area contributed by atoms with Crippen LogP contribution in [0.3, 0.4) is 0 Å². The van der Waals surface area contributed by atoms with Gasteiger partial charge in [0.1, 0.15) is 12.4 Å². The van der Waals surface area contributed by atoms with Crippen LogP contribution in [0.5, 0.6) is 5.75 Å². The topological polar surface area (TPSA) is 21.3 Å². The predicted molar refractivity (Wildman–Crippen MR) is 88.7 cm³/mol. The summed E-state index contributed by atoms with van der Waals surface area (Å²) in [6.45, 7) is 5.83. The average Bonchev–Trinajstić information content (AvgIpc) is 2.44. The Labute approximate surface area is 129 Å². The number of ether oxygens (including phenoxy) is 1. The van der Waals surface area contributed by atoms with Crippen molar-refractivity contribution >= 4 is 21.6 Å². The van der Waals surface area contributed by atoms with Crippen molar-refractivity contribution in [2.45, 2.75) is 19.8 Å². The predicted octanol–water partition coefficient (Wildman–Crippen LogP) is 5.06. The summed E-state index contributed by atoms with van der Waals surface area (Å²) in [5, 5.41) is 3.36. The zero-order valence-electron chi connectivity index (χ0n) is 11.9. The van der Waals surface area contributed by atoms with Gasteiger partial charge in [-0.15, -0.1) is 0 Å². The Morgan fingerprint density at radius 2 is 1.85 bits per heavy atom. The van der Waals surface area contributed by atoms with E-state index in [0.29, 0.717) is 12.5 Å². The summed E-state index contributed by atoms with van der Waals surface area (Å²) in [6, 6.07) is 16.5. The van der Waals surface area contributed by atoms with Gasteiger partial charge in [0.2, 0.25) is 0 Å². The summed E-state index contributed by atoms with van der Waals surface area (Å²) in [5.74, 6) is 1.46. The monoisotopic (exact) mass is 333 g/mol. The first-order valence-electron chi connectivity index (χ1n) is 6.87. The van der Waals surface area contributed by atoms with E-state index < -0.39 is 0 Å². The van der Waals surface area contributed by atoms with Crippen LogP contribution in [0.4, 0.5) is 5.69 Å². The zero-order valence-corrected chi connectivity index (χ0v) is 13.5. The molecule has 20 heavy (non-hydrogen) atoms. The fourth-order valence-electron chi connectivity index (χ4n) is 1.91. The summed E-state index contributed by atoms with van der Waals surface area (Å²) in [6.07, 6.45) is 0. The molecule has 0 aliphatic heterocycles. The normalized spacial score (nSPS) is 10.6. The SMILES string of the molecule is CC(C)c1ccc(NCCOc2cccc(Br)c2)cc1. The summed E-state index contributed by atoms with van der Waals surface area (Å²) >= 11 is 3.43. The minimum Gasteiger partial charge on any atom is -0.492 e. The Kier molecular flexibility index (Phi) is 5.48. The van der Waals surface area contributed by atoms with Crippen molar-refractivity contribution in [3.63, 3.8) is 0 Å². The molecule has 0 spiro atoms. The summed E-state index contributed by atoms with van der Waals surface area (Å²) in [4.78, 5) is 0.